The maximum absolute atomic E-state index is 10.3. The number of hydrogen-bond donors (Lipinski definition) is 1. The molecule has 0 saturated heterocycles. The number of ketones is 1. The van der Waals surface area contributed by atoms with E-state index < -0.39 is 24.5 Å². The van der Waals surface area contributed by atoms with Gasteiger partial charge in [-0.15, -0.1) is 0 Å². The summed E-state index contributed by atoms with van der Waals surface area (Å²) in [5.41, 5.74) is 0. The van der Waals surface area contributed by atoms with Gasteiger partial charge in [0.15, 0.2) is 0 Å². The minimum absolute atomic E-state index is 0.465. The lowest BCUT2D eigenvalue weighted by molar-refractivity contribution is -0.138. The highest BCUT2D eigenvalue weighted by molar-refractivity contribution is 5.80. The highest BCUT2D eigenvalue weighted by atomic mass is 16.4. The van der Waals surface area contributed by atoms with Gasteiger partial charge >= 0.3 is 5.97 Å². The summed E-state index contributed by atoms with van der Waals surface area (Å²) in [6.07, 6.45) is -2.98. The van der Waals surface area contributed by atoms with Crippen molar-refractivity contribution < 1.29 is 17.4 Å². The van der Waals surface area contributed by atoms with Gasteiger partial charge in [0.1, 0.15) is 5.78 Å². The summed E-state index contributed by atoms with van der Waals surface area (Å²) in [5, 5.41) is 8.16. The van der Waals surface area contributed by atoms with Gasteiger partial charge in [-0.3, -0.25) is 4.79 Å². The number of aliphatic carboxylic acids is 1. The first-order chi connectivity index (χ1) is 4.36. The standard InChI is InChI=1S/C5H8O3/c1-4(6)2-3-5(7)8/h2-3H2,1H3,(H,7,8)/i3D2. The molecule has 1 N–H and O–H groups in total. The fourth-order valence-corrected chi connectivity index (χ4v) is 0.200. The molecule has 0 aromatic rings. The van der Waals surface area contributed by atoms with E-state index in [1.54, 1.807) is 0 Å². The lowest BCUT2D eigenvalue weighted by Crippen LogP contribution is -1.98. The summed E-state index contributed by atoms with van der Waals surface area (Å²) in [6.45, 7) is 1.15. The summed E-state index contributed by atoms with van der Waals surface area (Å²) in [4.78, 5) is 20.3. The molecule has 46 valence electrons. The molecule has 0 amide bonds. The van der Waals surface area contributed by atoms with Crippen LogP contribution in [0.2, 0.25) is 0 Å². The van der Waals surface area contributed by atoms with Crippen LogP contribution >= 0.6 is 0 Å². The monoisotopic (exact) mass is 118 g/mol. The summed E-state index contributed by atoms with van der Waals surface area (Å²) in [6, 6.07) is 0. The fourth-order valence-electron chi connectivity index (χ4n) is 0.200. The van der Waals surface area contributed by atoms with Crippen LogP contribution in [0.5, 0.6) is 0 Å². The van der Waals surface area contributed by atoms with Crippen molar-refractivity contribution in [2.75, 3.05) is 0 Å². The quantitative estimate of drug-likeness (QED) is 0.585. The van der Waals surface area contributed by atoms with Crippen molar-refractivity contribution in [1.29, 1.82) is 0 Å². The minimum atomic E-state index is -2.41. The first kappa shape index (κ1) is 4.06. The predicted octanol–water partition coefficient (Wildman–Crippen LogP) is 0.440. The van der Waals surface area contributed by atoms with Crippen LogP contribution < -0.4 is 0 Å². The van der Waals surface area contributed by atoms with Crippen molar-refractivity contribution in [2.24, 2.45) is 0 Å². The van der Waals surface area contributed by atoms with Crippen LogP contribution in [0, 0.1) is 0 Å². The molecular formula is C5H8O3. The zero-order chi connectivity index (χ0) is 8.36. The van der Waals surface area contributed by atoms with Crippen LogP contribution in [0.3, 0.4) is 0 Å². The van der Waals surface area contributed by atoms with Crippen LogP contribution in [0.4, 0.5) is 0 Å². The van der Waals surface area contributed by atoms with Crippen molar-refractivity contribution in [1.82, 2.24) is 0 Å². The Morgan fingerprint density at radius 3 is 2.38 bits per heavy atom. The summed E-state index contributed by atoms with van der Waals surface area (Å²) < 4.78 is 13.5. The van der Waals surface area contributed by atoms with Gasteiger partial charge in [-0.2, -0.15) is 0 Å². The molecule has 0 aliphatic heterocycles. The van der Waals surface area contributed by atoms with Crippen LogP contribution in [0.25, 0.3) is 0 Å². The molecular weight excluding hydrogens is 108 g/mol. The number of Topliss-reactive ketones (excluding diaryl/α,β-unsaturated/α-hetero) is 1. The average molecular weight is 118 g/mol. The zero-order valence-corrected chi connectivity index (χ0v) is 4.47. The van der Waals surface area contributed by atoms with Gasteiger partial charge in [0.05, 0.1) is 6.37 Å². The second-order valence-corrected chi connectivity index (χ2v) is 1.36. The normalized spacial score (nSPS) is 14.1. The predicted molar refractivity (Wildman–Crippen MR) is 27.6 cm³/mol. The van der Waals surface area contributed by atoms with E-state index >= 15 is 0 Å². The number of hydrogen-bond acceptors (Lipinski definition) is 2. The van der Waals surface area contributed by atoms with Gasteiger partial charge in [-0.25, -0.2) is 0 Å². The summed E-state index contributed by atoms with van der Waals surface area (Å²) >= 11 is 0. The Bertz CT molecular complexity index is 164. The molecule has 0 rings (SSSR count). The van der Waals surface area contributed by atoms with E-state index in [2.05, 4.69) is 0 Å². The Balaban J connectivity index is 4.13. The molecule has 0 aromatic heterocycles. The second kappa shape index (κ2) is 3.18. The zero-order valence-electron chi connectivity index (χ0n) is 6.47. The lowest BCUT2D eigenvalue weighted by Gasteiger charge is -1.86. The largest absolute Gasteiger partial charge is 0.481 e. The van der Waals surface area contributed by atoms with Gasteiger partial charge in [0.2, 0.25) is 0 Å². The fraction of sp³-hybridized carbons (Fsp3) is 0.600. The molecule has 0 fully saturated rings. The van der Waals surface area contributed by atoms with Gasteiger partial charge in [-0.05, 0) is 6.92 Å². The van der Waals surface area contributed by atoms with Crippen molar-refractivity contribution in [3.63, 3.8) is 0 Å². The average Bonchev–Trinajstić information content (AvgIpc) is 1.60. The molecule has 3 nitrogen and oxygen atoms in total. The third-order valence-corrected chi connectivity index (χ3v) is 0.489. The summed E-state index contributed by atoms with van der Waals surface area (Å²) in [5.74, 6) is -2.06. The number of rotatable bonds is 3. The first-order valence-electron chi connectivity index (χ1n) is 3.09. The molecule has 8 heavy (non-hydrogen) atoms. The molecule has 0 bridgehead atoms. The minimum Gasteiger partial charge on any atom is -0.481 e. The van der Waals surface area contributed by atoms with Crippen LogP contribution in [-0.2, 0) is 9.59 Å². The van der Waals surface area contributed by atoms with Crippen molar-refractivity contribution in [3.8, 4) is 0 Å². The second-order valence-electron chi connectivity index (χ2n) is 1.36. The SMILES string of the molecule is [2H]C([2H])(CC(C)=O)C(=O)O. The van der Waals surface area contributed by atoms with Crippen molar-refractivity contribution in [2.45, 2.75) is 19.7 Å². The van der Waals surface area contributed by atoms with Crippen LogP contribution in [0.1, 0.15) is 22.5 Å². The highest BCUT2D eigenvalue weighted by Gasteiger charge is 1.97. The Kier molecular flexibility index (Phi) is 1.62. The molecule has 0 aliphatic rings. The number of carboxylic acid groups (broad SMARTS) is 1. The van der Waals surface area contributed by atoms with Gasteiger partial charge in [0, 0.05) is 9.16 Å². The number of carbonyl (C=O) groups is 2. The van der Waals surface area contributed by atoms with E-state index in [0.29, 0.717) is 0 Å². The third kappa shape index (κ3) is 5.14. The van der Waals surface area contributed by atoms with E-state index in [-0.39, 0.29) is 0 Å². The van der Waals surface area contributed by atoms with Gasteiger partial charge in [0.25, 0.3) is 0 Å². The van der Waals surface area contributed by atoms with E-state index in [1.165, 1.54) is 0 Å². The number of carbonyl (C=O) groups excluding carboxylic acids is 1. The van der Waals surface area contributed by atoms with E-state index in [0.717, 1.165) is 6.92 Å². The Morgan fingerprint density at radius 2 is 2.25 bits per heavy atom. The van der Waals surface area contributed by atoms with Crippen molar-refractivity contribution >= 4 is 11.8 Å². The van der Waals surface area contributed by atoms with Crippen LogP contribution in [-0.4, -0.2) is 16.9 Å². The molecule has 3 heteroatoms. The maximum Gasteiger partial charge on any atom is 0.303 e. The van der Waals surface area contributed by atoms with Gasteiger partial charge < -0.3 is 9.90 Å². The molecule has 0 spiro atoms. The molecule has 0 heterocycles. The van der Waals surface area contributed by atoms with Crippen molar-refractivity contribution in [3.05, 3.63) is 0 Å². The molecule has 0 saturated carbocycles. The summed E-state index contributed by atoms with van der Waals surface area (Å²) in [7, 11) is 0. The van der Waals surface area contributed by atoms with E-state index in [4.69, 9.17) is 7.85 Å². The highest BCUT2D eigenvalue weighted by Crippen LogP contribution is 1.87. The van der Waals surface area contributed by atoms with E-state index in [1.807, 2.05) is 0 Å². The number of carboxylic acids is 1. The molecule has 0 aliphatic carbocycles. The van der Waals surface area contributed by atoms with Gasteiger partial charge in [-0.1, -0.05) is 0 Å². The topological polar surface area (TPSA) is 54.4 Å². The molecule has 0 atom stereocenters. The third-order valence-electron chi connectivity index (χ3n) is 0.489. The molecule has 0 aromatic carbocycles. The first-order valence-corrected chi connectivity index (χ1v) is 2.09. The Morgan fingerprint density at radius 1 is 1.75 bits per heavy atom. The lowest BCUT2D eigenvalue weighted by atomic mass is 10.2. The Hall–Kier alpha value is -0.860. The maximum atomic E-state index is 10.3. The van der Waals surface area contributed by atoms with Crippen LogP contribution in [0.15, 0.2) is 0 Å². The Labute approximate surface area is 50.1 Å². The molecule has 0 unspecified atom stereocenters. The smallest absolute Gasteiger partial charge is 0.303 e. The molecule has 0 radical (unpaired) electrons. The van der Waals surface area contributed by atoms with E-state index in [9.17, 15) is 9.59 Å².